The molecule has 2 rings (SSSR count). The quantitative estimate of drug-likeness (QED) is 0.757. The Morgan fingerprint density at radius 1 is 1.17 bits per heavy atom. The fraction of sp³-hybridized carbons (Fsp3) is 0.846. The van der Waals surface area contributed by atoms with E-state index in [0.29, 0.717) is 13.1 Å². The van der Waals surface area contributed by atoms with Crippen LogP contribution in [0, 0.1) is 5.92 Å². The van der Waals surface area contributed by atoms with Gasteiger partial charge in [0.15, 0.2) is 0 Å². The zero-order valence-corrected chi connectivity index (χ0v) is 11.3. The molecule has 1 N–H and O–H groups in total. The van der Waals surface area contributed by atoms with Crippen molar-refractivity contribution in [2.45, 2.75) is 31.7 Å². The molecule has 1 saturated heterocycles. The highest BCUT2D eigenvalue weighted by molar-refractivity contribution is 5.89. The van der Waals surface area contributed by atoms with E-state index in [9.17, 15) is 9.59 Å². The summed E-state index contributed by atoms with van der Waals surface area (Å²) in [6.07, 6.45) is 4.28. The second-order valence-electron chi connectivity index (χ2n) is 5.41. The Kier molecular flexibility index (Phi) is 4.22. The van der Waals surface area contributed by atoms with Crippen LogP contribution in [0.1, 0.15) is 25.7 Å². The van der Waals surface area contributed by atoms with Gasteiger partial charge in [-0.15, -0.1) is 0 Å². The molecule has 1 atom stereocenters. The number of carbonyl (C=O) groups excluding carboxylic acids is 2. The second-order valence-corrected chi connectivity index (χ2v) is 5.41. The maximum Gasteiger partial charge on any atom is 0.243 e. The molecule has 0 aromatic carbocycles. The second kappa shape index (κ2) is 5.69. The molecule has 0 unspecified atom stereocenters. The van der Waals surface area contributed by atoms with Gasteiger partial charge in [-0.05, 0) is 19.9 Å². The molecule has 2 fully saturated rings. The van der Waals surface area contributed by atoms with Gasteiger partial charge in [0.05, 0.1) is 0 Å². The van der Waals surface area contributed by atoms with Crippen molar-refractivity contribution in [3.63, 3.8) is 0 Å². The van der Waals surface area contributed by atoms with Crippen LogP contribution in [0.5, 0.6) is 0 Å². The molecular weight excluding hydrogens is 230 g/mol. The van der Waals surface area contributed by atoms with Crippen molar-refractivity contribution in [1.29, 1.82) is 0 Å². The summed E-state index contributed by atoms with van der Waals surface area (Å²) in [5.41, 5.74) is 0. The number of rotatable bonds is 2. The highest BCUT2D eigenvalue weighted by Gasteiger charge is 2.37. The summed E-state index contributed by atoms with van der Waals surface area (Å²) in [5.74, 6) is 0.294. The number of hydrogen-bond acceptors (Lipinski definition) is 3. The summed E-state index contributed by atoms with van der Waals surface area (Å²) in [5, 5.41) is 2.67. The third kappa shape index (κ3) is 2.66. The first kappa shape index (κ1) is 13.3. The average molecular weight is 253 g/mol. The van der Waals surface area contributed by atoms with Crippen molar-refractivity contribution in [2.75, 3.05) is 33.7 Å². The zero-order chi connectivity index (χ0) is 13.1. The Balaban J connectivity index is 2.07. The molecule has 0 spiro atoms. The normalized spacial score (nSPS) is 26.3. The fourth-order valence-electron chi connectivity index (χ4n) is 2.98. The first-order valence-corrected chi connectivity index (χ1v) is 6.84. The Bertz CT molecular complexity index is 326. The fourth-order valence-corrected chi connectivity index (χ4v) is 2.98. The maximum atomic E-state index is 12.5. The molecule has 1 saturated carbocycles. The van der Waals surface area contributed by atoms with Crippen LogP contribution in [-0.4, -0.2) is 61.4 Å². The topological polar surface area (TPSA) is 52.7 Å². The smallest absolute Gasteiger partial charge is 0.243 e. The van der Waals surface area contributed by atoms with E-state index in [1.165, 1.54) is 0 Å². The molecule has 5 heteroatoms. The van der Waals surface area contributed by atoms with Gasteiger partial charge in [-0.3, -0.25) is 9.59 Å². The summed E-state index contributed by atoms with van der Waals surface area (Å²) in [6.45, 7) is 2.16. The van der Waals surface area contributed by atoms with E-state index in [1.54, 1.807) is 11.9 Å². The van der Waals surface area contributed by atoms with Crippen molar-refractivity contribution in [1.82, 2.24) is 15.1 Å². The Morgan fingerprint density at radius 3 is 2.44 bits per heavy atom. The van der Waals surface area contributed by atoms with Gasteiger partial charge < -0.3 is 15.1 Å². The van der Waals surface area contributed by atoms with E-state index in [2.05, 4.69) is 10.2 Å². The molecule has 2 aliphatic rings. The van der Waals surface area contributed by atoms with Crippen LogP contribution in [0.25, 0.3) is 0 Å². The van der Waals surface area contributed by atoms with Gasteiger partial charge in [-0.1, -0.05) is 12.8 Å². The van der Waals surface area contributed by atoms with Gasteiger partial charge in [-0.2, -0.15) is 0 Å². The molecule has 2 amide bonds. The largest absolute Gasteiger partial charge is 0.357 e. The van der Waals surface area contributed by atoms with E-state index in [4.69, 9.17) is 0 Å². The number of carbonyl (C=O) groups is 2. The summed E-state index contributed by atoms with van der Waals surface area (Å²) >= 11 is 0. The third-order valence-electron chi connectivity index (χ3n) is 4.12. The highest BCUT2D eigenvalue weighted by atomic mass is 16.2. The van der Waals surface area contributed by atoms with Crippen LogP contribution in [0.15, 0.2) is 0 Å². The van der Waals surface area contributed by atoms with E-state index in [0.717, 1.165) is 32.2 Å². The minimum Gasteiger partial charge on any atom is -0.357 e. The molecule has 0 radical (unpaired) electrons. The first-order valence-electron chi connectivity index (χ1n) is 6.84. The number of piperazine rings is 1. The van der Waals surface area contributed by atoms with Gasteiger partial charge in [0.1, 0.15) is 6.04 Å². The maximum absolute atomic E-state index is 12.5. The lowest BCUT2D eigenvalue weighted by Crippen LogP contribution is -2.60. The summed E-state index contributed by atoms with van der Waals surface area (Å²) < 4.78 is 0. The number of amides is 2. The van der Waals surface area contributed by atoms with Gasteiger partial charge in [-0.25, -0.2) is 0 Å². The van der Waals surface area contributed by atoms with Crippen molar-refractivity contribution in [3.05, 3.63) is 0 Å². The van der Waals surface area contributed by atoms with Crippen molar-refractivity contribution >= 4 is 11.8 Å². The Labute approximate surface area is 108 Å². The van der Waals surface area contributed by atoms with Crippen molar-refractivity contribution in [2.24, 2.45) is 5.92 Å². The number of likely N-dealkylation sites (N-methyl/N-ethyl adjacent to an activating group) is 2. The molecule has 18 heavy (non-hydrogen) atoms. The monoisotopic (exact) mass is 253 g/mol. The minimum absolute atomic E-state index is 0.0482. The molecule has 1 aliphatic heterocycles. The van der Waals surface area contributed by atoms with E-state index in [-0.39, 0.29) is 23.8 Å². The van der Waals surface area contributed by atoms with Crippen molar-refractivity contribution < 1.29 is 9.59 Å². The molecule has 1 aliphatic carbocycles. The molecule has 1 heterocycles. The predicted molar refractivity (Wildman–Crippen MR) is 69.0 cm³/mol. The van der Waals surface area contributed by atoms with Gasteiger partial charge in [0, 0.05) is 32.6 Å². The number of nitrogens with one attached hydrogen (secondary N) is 1. The number of hydrogen-bond donors (Lipinski definition) is 1. The van der Waals surface area contributed by atoms with Crippen LogP contribution >= 0.6 is 0 Å². The van der Waals surface area contributed by atoms with Crippen LogP contribution in [0.4, 0.5) is 0 Å². The lowest BCUT2D eigenvalue weighted by Gasteiger charge is -2.40. The Morgan fingerprint density at radius 2 is 1.83 bits per heavy atom. The lowest BCUT2D eigenvalue weighted by atomic mass is 10.0. The molecular formula is C13H23N3O2. The van der Waals surface area contributed by atoms with Crippen LogP contribution in [0.3, 0.4) is 0 Å². The minimum atomic E-state index is -0.318. The third-order valence-corrected chi connectivity index (χ3v) is 4.12. The standard InChI is InChI=1S/C13H23N3O2/c1-14-12(17)11-9-15(2)7-8-16(11)13(18)10-5-3-4-6-10/h10-11H,3-9H2,1-2H3,(H,14,17)/t11-/m0/s1. The van der Waals surface area contributed by atoms with Gasteiger partial charge in [0.25, 0.3) is 0 Å². The van der Waals surface area contributed by atoms with E-state index >= 15 is 0 Å². The zero-order valence-electron chi connectivity index (χ0n) is 11.3. The predicted octanol–water partition coefficient (Wildman–Crippen LogP) is 0.0652. The van der Waals surface area contributed by atoms with Gasteiger partial charge >= 0.3 is 0 Å². The summed E-state index contributed by atoms with van der Waals surface area (Å²) in [6, 6.07) is -0.318. The number of nitrogens with zero attached hydrogens (tertiary/aromatic N) is 2. The van der Waals surface area contributed by atoms with Gasteiger partial charge in [0.2, 0.25) is 11.8 Å². The lowest BCUT2D eigenvalue weighted by molar-refractivity contribution is -0.146. The van der Waals surface area contributed by atoms with Crippen LogP contribution in [-0.2, 0) is 9.59 Å². The molecule has 0 aromatic heterocycles. The van der Waals surface area contributed by atoms with E-state index < -0.39 is 0 Å². The summed E-state index contributed by atoms with van der Waals surface area (Å²) in [7, 11) is 3.63. The van der Waals surface area contributed by atoms with Crippen LogP contribution < -0.4 is 5.32 Å². The molecule has 0 bridgehead atoms. The molecule has 102 valence electrons. The molecule has 5 nitrogen and oxygen atoms in total. The van der Waals surface area contributed by atoms with E-state index in [1.807, 2.05) is 7.05 Å². The summed E-state index contributed by atoms with van der Waals surface area (Å²) in [4.78, 5) is 28.3. The highest BCUT2D eigenvalue weighted by Crippen LogP contribution is 2.27. The Hall–Kier alpha value is -1.10. The average Bonchev–Trinajstić information content (AvgIpc) is 2.90. The molecule has 0 aromatic rings. The SMILES string of the molecule is CNC(=O)[C@@H]1CN(C)CCN1C(=O)C1CCCC1. The van der Waals surface area contributed by atoms with Crippen LogP contribution in [0.2, 0.25) is 0 Å². The first-order chi connectivity index (χ1) is 8.63. The van der Waals surface area contributed by atoms with Crippen molar-refractivity contribution in [3.8, 4) is 0 Å².